The van der Waals surface area contributed by atoms with E-state index in [2.05, 4.69) is 32.1 Å². The Morgan fingerprint density at radius 3 is 2.92 bits per heavy atom. The molecule has 0 amide bonds. The second kappa shape index (κ2) is 5.18. The molecule has 0 heterocycles. The maximum absolute atomic E-state index is 2.36. The molecule has 0 unspecified atom stereocenters. The Bertz CT molecular complexity index is 174. The van der Waals surface area contributed by atoms with E-state index in [1.807, 2.05) is 0 Å². The lowest BCUT2D eigenvalue weighted by atomic mass is 9.91. The fourth-order valence-corrected chi connectivity index (χ4v) is 1.78. The minimum Gasteiger partial charge on any atom is -0.0811 e. The van der Waals surface area contributed by atoms with Crippen LogP contribution < -0.4 is 0 Å². The highest BCUT2D eigenvalue weighted by Gasteiger charge is 2.07. The van der Waals surface area contributed by atoms with Gasteiger partial charge < -0.3 is 0 Å². The fourth-order valence-electron chi connectivity index (χ4n) is 1.78. The first-order valence-corrected chi connectivity index (χ1v) is 5.17. The molecule has 0 nitrogen and oxygen atoms in total. The smallest absolute Gasteiger partial charge is 0.0193 e. The molecule has 0 heteroatoms. The number of hydrogen-bond acceptors (Lipinski definition) is 0. The molecule has 0 saturated heterocycles. The summed E-state index contributed by atoms with van der Waals surface area (Å²) in [5.74, 6) is 0.835. The van der Waals surface area contributed by atoms with Crippen molar-refractivity contribution < 1.29 is 0 Å². The third kappa shape index (κ3) is 3.25. The van der Waals surface area contributed by atoms with E-state index >= 15 is 0 Å². The largest absolute Gasteiger partial charge is 0.0811 e. The van der Waals surface area contributed by atoms with Crippen molar-refractivity contribution in [3.05, 3.63) is 23.8 Å². The third-order valence-electron chi connectivity index (χ3n) is 2.53. The van der Waals surface area contributed by atoms with Gasteiger partial charge in [0.1, 0.15) is 0 Å². The summed E-state index contributed by atoms with van der Waals surface area (Å²) in [6.45, 7) is 4.50. The van der Waals surface area contributed by atoms with Gasteiger partial charge in [0.15, 0.2) is 0 Å². The van der Waals surface area contributed by atoms with Gasteiger partial charge in [0, 0.05) is 0 Å². The molecule has 0 aromatic carbocycles. The van der Waals surface area contributed by atoms with Crippen molar-refractivity contribution in [1.82, 2.24) is 0 Å². The van der Waals surface area contributed by atoms with Crippen molar-refractivity contribution in [3.63, 3.8) is 0 Å². The molecule has 0 fully saturated rings. The molecule has 0 saturated carbocycles. The Morgan fingerprint density at radius 1 is 1.42 bits per heavy atom. The maximum Gasteiger partial charge on any atom is -0.0193 e. The number of hydrogen-bond donors (Lipinski definition) is 0. The van der Waals surface area contributed by atoms with Crippen LogP contribution in [0.5, 0.6) is 0 Å². The monoisotopic (exact) mass is 164 g/mol. The first kappa shape index (κ1) is 9.57. The topological polar surface area (TPSA) is 0 Å². The molecule has 0 aromatic heterocycles. The predicted octanol–water partition coefficient (Wildman–Crippen LogP) is 4.09. The second-order valence-electron chi connectivity index (χ2n) is 3.86. The summed E-state index contributed by atoms with van der Waals surface area (Å²) in [6.07, 6.45) is 13.6. The molecule has 0 bridgehead atoms. The molecule has 0 aliphatic heterocycles. The van der Waals surface area contributed by atoms with Crippen LogP contribution in [-0.4, -0.2) is 0 Å². The van der Waals surface area contributed by atoms with Crippen molar-refractivity contribution in [2.24, 2.45) is 5.92 Å². The highest BCUT2D eigenvalue weighted by atomic mass is 14.1. The Hall–Kier alpha value is -0.520. The molecule has 1 rings (SSSR count). The van der Waals surface area contributed by atoms with Crippen LogP contribution in [0.4, 0.5) is 0 Å². The highest BCUT2D eigenvalue weighted by Crippen LogP contribution is 2.22. The van der Waals surface area contributed by atoms with Crippen molar-refractivity contribution in [2.45, 2.75) is 46.0 Å². The summed E-state index contributed by atoms with van der Waals surface area (Å²) >= 11 is 0. The van der Waals surface area contributed by atoms with Gasteiger partial charge in [-0.15, -0.1) is 0 Å². The van der Waals surface area contributed by atoms with Gasteiger partial charge in [-0.05, 0) is 25.7 Å². The summed E-state index contributed by atoms with van der Waals surface area (Å²) in [5.41, 5.74) is 1.54. The van der Waals surface area contributed by atoms with E-state index in [0.717, 1.165) is 5.92 Å². The van der Waals surface area contributed by atoms with Gasteiger partial charge in [-0.25, -0.2) is 0 Å². The van der Waals surface area contributed by atoms with Crippen molar-refractivity contribution in [3.8, 4) is 0 Å². The van der Waals surface area contributed by atoms with E-state index < -0.39 is 0 Å². The van der Waals surface area contributed by atoms with E-state index in [9.17, 15) is 0 Å². The molecular weight excluding hydrogens is 144 g/mol. The van der Waals surface area contributed by atoms with Crippen LogP contribution in [0.1, 0.15) is 46.0 Å². The van der Waals surface area contributed by atoms with E-state index in [0.29, 0.717) is 0 Å². The van der Waals surface area contributed by atoms with Crippen molar-refractivity contribution >= 4 is 0 Å². The van der Waals surface area contributed by atoms with E-state index in [4.69, 9.17) is 0 Å². The minimum atomic E-state index is 0.835. The number of rotatable bonds is 4. The molecule has 0 aromatic rings. The SMILES string of the molecule is CCCCC[C@@H]1C=CC=C(C)C1. The van der Waals surface area contributed by atoms with Crippen LogP contribution in [0, 0.1) is 5.92 Å². The quantitative estimate of drug-likeness (QED) is 0.549. The first-order valence-electron chi connectivity index (χ1n) is 5.17. The van der Waals surface area contributed by atoms with Gasteiger partial charge in [-0.2, -0.15) is 0 Å². The lowest BCUT2D eigenvalue weighted by molar-refractivity contribution is 0.532. The lowest BCUT2D eigenvalue weighted by Crippen LogP contribution is -2.00. The van der Waals surface area contributed by atoms with Crippen LogP contribution in [0.3, 0.4) is 0 Å². The van der Waals surface area contributed by atoms with Gasteiger partial charge in [0.05, 0.1) is 0 Å². The average Bonchev–Trinajstić information content (AvgIpc) is 2.05. The molecule has 68 valence electrons. The lowest BCUT2D eigenvalue weighted by Gasteiger charge is -2.15. The van der Waals surface area contributed by atoms with Crippen molar-refractivity contribution in [1.29, 1.82) is 0 Å². The zero-order valence-corrected chi connectivity index (χ0v) is 8.34. The van der Waals surface area contributed by atoms with Crippen LogP contribution in [0.15, 0.2) is 23.8 Å². The summed E-state index contributed by atoms with van der Waals surface area (Å²) in [6, 6.07) is 0. The summed E-state index contributed by atoms with van der Waals surface area (Å²) in [5, 5.41) is 0. The highest BCUT2D eigenvalue weighted by molar-refractivity contribution is 5.17. The summed E-state index contributed by atoms with van der Waals surface area (Å²) < 4.78 is 0. The molecule has 0 spiro atoms. The van der Waals surface area contributed by atoms with Gasteiger partial charge in [-0.3, -0.25) is 0 Å². The van der Waals surface area contributed by atoms with Crippen LogP contribution in [0.25, 0.3) is 0 Å². The zero-order valence-electron chi connectivity index (χ0n) is 8.34. The summed E-state index contributed by atoms with van der Waals surface area (Å²) in [4.78, 5) is 0. The molecule has 1 aliphatic rings. The third-order valence-corrected chi connectivity index (χ3v) is 2.53. The maximum atomic E-state index is 2.36. The minimum absolute atomic E-state index is 0.835. The molecule has 1 aliphatic carbocycles. The average molecular weight is 164 g/mol. The van der Waals surface area contributed by atoms with E-state index in [1.54, 1.807) is 5.57 Å². The second-order valence-corrected chi connectivity index (χ2v) is 3.86. The Kier molecular flexibility index (Phi) is 4.13. The molecule has 0 radical (unpaired) electrons. The zero-order chi connectivity index (χ0) is 8.81. The summed E-state index contributed by atoms with van der Waals surface area (Å²) in [7, 11) is 0. The first-order chi connectivity index (χ1) is 5.83. The standard InChI is InChI=1S/C12H20/c1-3-4-5-8-12-9-6-7-11(2)10-12/h6-7,9,12H,3-5,8,10H2,1-2H3/t12-/m1/s1. The molecule has 12 heavy (non-hydrogen) atoms. The van der Waals surface area contributed by atoms with Gasteiger partial charge in [-0.1, -0.05) is 50.0 Å². The number of allylic oxidation sites excluding steroid dienone is 4. The predicted molar refractivity (Wildman–Crippen MR) is 55.1 cm³/mol. The van der Waals surface area contributed by atoms with Crippen LogP contribution in [-0.2, 0) is 0 Å². The Labute approximate surface area is 76.4 Å². The fraction of sp³-hybridized carbons (Fsp3) is 0.667. The molecule has 1 atom stereocenters. The van der Waals surface area contributed by atoms with Gasteiger partial charge in [0.25, 0.3) is 0 Å². The van der Waals surface area contributed by atoms with Gasteiger partial charge in [0.2, 0.25) is 0 Å². The normalized spacial score (nSPS) is 22.5. The van der Waals surface area contributed by atoms with Crippen LogP contribution >= 0.6 is 0 Å². The Balaban J connectivity index is 2.18. The Morgan fingerprint density at radius 2 is 2.25 bits per heavy atom. The molecule has 0 N–H and O–H groups in total. The van der Waals surface area contributed by atoms with E-state index in [1.165, 1.54) is 32.1 Å². The molecular formula is C12H20. The van der Waals surface area contributed by atoms with Crippen molar-refractivity contribution in [2.75, 3.05) is 0 Å². The van der Waals surface area contributed by atoms with Crippen LogP contribution in [0.2, 0.25) is 0 Å². The van der Waals surface area contributed by atoms with E-state index in [-0.39, 0.29) is 0 Å². The van der Waals surface area contributed by atoms with Gasteiger partial charge >= 0.3 is 0 Å². The number of unbranched alkanes of at least 4 members (excludes halogenated alkanes) is 2.